The van der Waals surface area contributed by atoms with Gasteiger partial charge in [0.15, 0.2) is 0 Å². The molecule has 0 fully saturated rings. The van der Waals surface area contributed by atoms with Crippen molar-refractivity contribution in [1.29, 1.82) is 0 Å². The lowest BCUT2D eigenvalue weighted by Crippen LogP contribution is -2.42. The summed E-state index contributed by atoms with van der Waals surface area (Å²) in [7, 11) is 0. The lowest BCUT2D eigenvalue weighted by Gasteiger charge is -2.11. The Morgan fingerprint density at radius 3 is 2.50 bits per heavy atom. The van der Waals surface area contributed by atoms with Crippen LogP contribution in [0.4, 0.5) is 0 Å². The average Bonchev–Trinajstić information content (AvgIpc) is 2.26. The van der Waals surface area contributed by atoms with E-state index in [4.69, 9.17) is 11.5 Å². The molecule has 1 aromatic carbocycles. The zero-order valence-corrected chi connectivity index (χ0v) is 12.0. The molecule has 0 aliphatic carbocycles. The second kappa shape index (κ2) is 8.07. The number of primary amides is 1. The molecule has 0 bridgehead atoms. The second-order valence-corrected chi connectivity index (χ2v) is 4.44. The summed E-state index contributed by atoms with van der Waals surface area (Å²) in [6, 6.07) is 6.62. The molecule has 0 aliphatic heterocycles. The van der Waals surface area contributed by atoms with Crippen LogP contribution in [0.5, 0.6) is 0 Å². The third kappa shape index (κ3) is 5.48. The maximum Gasteiger partial charge on any atom is 0.237 e. The molecule has 0 radical (unpaired) electrons. The molecule has 100 valence electrons. The van der Waals surface area contributed by atoms with E-state index in [0.29, 0.717) is 6.54 Å². The number of nitrogens with two attached hydrogens (primary N) is 2. The largest absolute Gasteiger partial charge is 0.370 e. The molecule has 2 amide bonds. The zero-order valence-electron chi connectivity index (χ0n) is 9.56. The lowest BCUT2D eigenvalue weighted by atomic mass is 10.2. The fraction of sp³-hybridized carbons (Fsp3) is 0.273. The van der Waals surface area contributed by atoms with Gasteiger partial charge in [-0.25, -0.2) is 0 Å². The Morgan fingerprint density at radius 1 is 1.33 bits per heavy atom. The highest BCUT2D eigenvalue weighted by Crippen LogP contribution is 2.15. The highest BCUT2D eigenvalue weighted by molar-refractivity contribution is 9.10. The smallest absolute Gasteiger partial charge is 0.237 e. The van der Waals surface area contributed by atoms with E-state index in [1.54, 1.807) is 0 Å². The first-order chi connectivity index (χ1) is 8.00. The number of rotatable bonds is 5. The summed E-state index contributed by atoms with van der Waals surface area (Å²) in [5.74, 6) is -0.979. The third-order valence-electron chi connectivity index (χ3n) is 2.17. The van der Waals surface area contributed by atoms with Crippen molar-refractivity contribution in [3.8, 4) is 0 Å². The van der Waals surface area contributed by atoms with Gasteiger partial charge in [-0.05, 0) is 11.6 Å². The summed E-state index contributed by atoms with van der Waals surface area (Å²) < 4.78 is 0.906. The number of halogens is 2. The number of benzene rings is 1. The van der Waals surface area contributed by atoms with E-state index in [9.17, 15) is 9.59 Å². The molecule has 0 aromatic heterocycles. The summed E-state index contributed by atoms with van der Waals surface area (Å²) >= 11 is 3.37. The lowest BCUT2D eigenvalue weighted by molar-refractivity contribution is -0.126. The maximum atomic E-state index is 11.5. The van der Waals surface area contributed by atoms with Crippen LogP contribution in [0.1, 0.15) is 12.0 Å². The van der Waals surface area contributed by atoms with Crippen molar-refractivity contribution in [2.45, 2.75) is 19.0 Å². The SMILES string of the molecule is Cl.NC(=O)CC(N)C(=O)NCc1ccccc1Br. The number of amides is 2. The third-order valence-corrected chi connectivity index (χ3v) is 2.94. The molecule has 0 saturated carbocycles. The molecular weight excluding hydrogens is 321 g/mol. The molecule has 1 atom stereocenters. The fourth-order valence-corrected chi connectivity index (χ4v) is 1.69. The minimum absolute atomic E-state index is 0. The van der Waals surface area contributed by atoms with Crippen molar-refractivity contribution in [3.05, 3.63) is 34.3 Å². The highest BCUT2D eigenvalue weighted by Gasteiger charge is 2.15. The molecule has 1 rings (SSSR count). The molecule has 5 nitrogen and oxygen atoms in total. The van der Waals surface area contributed by atoms with Crippen LogP contribution < -0.4 is 16.8 Å². The van der Waals surface area contributed by atoms with Gasteiger partial charge in [-0.15, -0.1) is 12.4 Å². The van der Waals surface area contributed by atoms with Crippen LogP contribution in [0, 0.1) is 0 Å². The van der Waals surface area contributed by atoms with Gasteiger partial charge < -0.3 is 16.8 Å². The van der Waals surface area contributed by atoms with Crippen molar-refractivity contribution < 1.29 is 9.59 Å². The van der Waals surface area contributed by atoms with Crippen molar-refractivity contribution >= 4 is 40.2 Å². The number of carbonyl (C=O) groups excluding carboxylic acids is 2. The second-order valence-electron chi connectivity index (χ2n) is 3.59. The minimum Gasteiger partial charge on any atom is -0.370 e. The van der Waals surface area contributed by atoms with Gasteiger partial charge in [-0.1, -0.05) is 34.1 Å². The topological polar surface area (TPSA) is 98.2 Å². The molecular formula is C11H15BrClN3O2. The van der Waals surface area contributed by atoms with Crippen LogP contribution in [0.2, 0.25) is 0 Å². The summed E-state index contributed by atoms with van der Waals surface area (Å²) in [4.78, 5) is 22.1. The zero-order chi connectivity index (χ0) is 12.8. The first kappa shape index (κ1) is 16.9. The molecule has 1 unspecified atom stereocenters. The van der Waals surface area contributed by atoms with Crippen LogP contribution in [0.3, 0.4) is 0 Å². The first-order valence-electron chi connectivity index (χ1n) is 5.05. The normalized spacial score (nSPS) is 11.2. The Hall–Kier alpha value is -1.11. The van der Waals surface area contributed by atoms with Crippen LogP contribution >= 0.6 is 28.3 Å². The van der Waals surface area contributed by atoms with Crippen molar-refractivity contribution in [2.24, 2.45) is 11.5 Å². The molecule has 7 heteroatoms. The monoisotopic (exact) mass is 335 g/mol. The van der Waals surface area contributed by atoms with Crippen LogP contribution in [-0.2, 0) is 16.1 Å². The van der Waals surface area contributed by atoms with E-state index in [1.165, 1.54) is 0 Å². The Labute approximate surface area is 120 Å². The van der Waals surface area contributed by atoms with E-state index >= 15 is 0 Å². The molecule has 0 aliphatic rings. The van der Waals surface area contributed by atoms with Gasteiger partial charge in [0, 0.05) is 11.0 Å². The highest BCUT2D eigenvalue weighted by atomic mass is 79.9. The van der Waals surface area contributed by atoms with Crippen LogP contribution in [0.15, 0.2) is 28.7 Å². The van der Waals surface area contributed by atoms with Gasteiger partial charge in [0.25, 0.3) is 0 Å². The van der Waals surface area contributed by atoms with Crippen molar-refractivity contribution in [2.75, 3.05) is 0 Å². The number of nitrogens with one attached hydrogen (secondary N) is 1. The van der Waals surface area contributed by atoms with E-state index in [2.05, 4.69) is 21.2 Å². The van der Waals surface area contributed by atoms with E-state index in [1.807, 2.05) is 24.3 Å². The minimum atomic E-state index is -0.894. The Balaban J connectivity index is 0.00000289. The number of hydrogen-bond donors (Lipinski definition) is 3. The summed E-state index contributed by atoms with van der Waals surface area (Å²) in [5.41, 5.74) is 11.4. The average molecular weight is 337 g/mol. The van der Waals surface area contributed by atoms with Gasteiger partial charge in [0.2, 0.25) is 11.8 Å². The van der Waals surface area contributed by atoms with Crippen LogP contribution in [-0.4, -0.2) is 17.9 Å². The molecule has 1 aromatic rings. The Morgan fingerprint density at radius 2 is 1.94 bits per heavy atom. The fourth-order valence-electron chi connectivity index (χ4n) is 1.26. The van der Waals surface area contributed by atoms with Gasteiger partial charge in [-0.2, -0.15) is 0 Å². The summed E-state index contributed by atoms with van der Waals surface area (Å²) in [5, 5.41) is 2.64. The van der Waals surface area contributed by atoms with Gasteiger partial charge in [0.1, 0.15) is 0 Å². The number of hydrogen-bond acceptors (Lipinski definition) is 3. The van der Waals surface area contributed by atoms with Crippen LogP contribution in [0.25, 0.3) is 0 Å². The Bertz CT molecular complexity index is 429. The summed E-state index contributed by atoms with van der Waals surface area (Å²) in [6.07, 6.45) is -0.151. The van der Waals surface area contributed by atoms with Gasteiger partial charge >= 0.3 is 0 Å². The predicted molar refractivity (Wildman–Crippen MR) is 75.0 cm³/mol. The Kier molecular flexibility index (Phi) is 7.58. The first-order valence-corrected chi connectivity index (χ1v) is 5.85. The quantitative estimate of drug-likeness (QED) is 0.738. The molecule has 0 saturated heterocycles. The predicted octanol–water partition coefficient (Wildman–Crippen LogP) is 0.690. The maximum absolute atomic E-state index is 11.5. The van der Waals surface area contributed by atoms with Gasteiger partial charge in [0.05, 0.1) is 12.5 Å². The standard InChI is InChI=1S/C11H14BrN3O2.ClH/c12-8-4-2-1-3-7(8)6-15-11(17)9(13)5-10(14)16;/h1-4,9H,5-6,13H2,(H2,14,16)(H,15,17);1H. The van der Waals surface area contributed by atoms with Crippen molar-refractivity contribution in [1.82, 2.24) is 5.32 Å². The molecule has 0 heterocycles. The molecule has 18 heavy (non-hydrogen) atoms. The van der Waals surface area contributed by atoms with E-state index in [0.717, 1.165) is 10.0 Å². The van der Waals surface area contributed by atoms with Crippen molar-refractivity contribution in [3.63, 3.8) is 0 Å². The number of carbonyl (C=O) groups is 2. The molecule has 5 N–H and O–H groups in total. The molecule has 0 spiro atoms. The van der Waals surface area contributed by atoms with E-state index < -0.39 is 11.9 Å². The van der Waals surface area contributed by atoms with Gasteiger partial charge in [-0.3, -0.25) is 9.59 Å². The van der Waals surface area contributed by atoms with E-state index in [-0.39, 0.29) is 24.7 Å². The summed E-state index contributed by atoms with van der Waals surface area (Å²) in [6.45, 7) is 0.354.